The Kier molecular flexibility index (Phi) is 29.8. The van der Waals surface area contributed by atoms with E-state index in [0.717, 1.165) is 10.0 Å². The first kappa shape index (κ1) is 55.6. The molecule has 1 rings (SSSR count). The summed E-state index contributed by atoms with van der Waals surface area (Å²) in [5.74, 6) is -4.41. The average Bonchev–Trinajstić information content (AvgIpc) is 3.22. The second kappa shape index (κ2) is 33.2. The van der Waals surface area contributed by atoms with E-state index in [0.29, 0.717) is 91.8 Å². The zero-order valence-corrected chi connectivity index (χ0v) is 37.7. The number of halogens is 1. The molecule has 20 nitrogen and oxygen atoms in total. The predicted molar refractivity (Wildman–Crippen MR) is 228 cm³/mol. The second-order valence-electron chi connectivity index (χ2n) is 14.7. The SMILES string of the molecule is CCC(C)(C)C(=O)NCCC(=O)NCCOCCOCCOCCOCCOCCC(=O)N(CCCC[C@@H](NC(=O)N[C@@H](CCC(=O)O)C(=O)O)C(=O)O)Cc1ccc(Br)cc1. The molecule has 7 N–H and O–H groups in total. The van der Waals surface area contributed by atoms with Gasteiger partial charge in [0.25, 0.3) is 0 Å². The van der Waals surface area contributed by atoms with Crippen LogP contribution in [0.5, 0.6) is 0 Å². The summed E-state index contributed by atoms with van der Waals surface area (Å²) < 4.78 is 28.4. The van der Waals surface area contributed by atoms with Crippen molar-refractivity contribution in [3.05, 3.63) is 34.3 Å². The highest BCUT2D eigenvalue weighted by molar-refractivity contribution is 9.10. The van der Waals surface area contributed by atoms with E-state index >= 15 is 0 Å². The van der Waals surface area contributed by atoms with Crippen LogP contribution >= 0.6 is 15.9 Å². The highest BCUT2D eigenvalue weighted by atomic mass is 79.9. The number of urea groups is 1. The molecular weight excluding hydrogens is 882 g/mol. The van der Waals surface area contributed by atoms with Crippen LogP contribution in [0.2, 0.25) is 0 Å². The number of carboxylic acid groups (broad SMARTS) is 3. The lowest BCUT2D eigenvalue weighted by Gasteiger charge is -2.24. The molecule has 0 heterocycles. The van der Waals surface area contributed by atoms with Crippen LogP contribution in [0.4, 0.5) is 4.79 Å². The van der Waals surface area contributed by atoms with E-state index < -0.39 is 47.9 Å². The molecular formula is C41H66BrN5O15. The first-order valence-corrected chi connectivity index (χ1v) is 21.5. The van der Waals surface area contributed by atoms with Crippen LogP contribution < -0.4 is 21.3 Å². The largest absolute Gasteiger partial charge is 0.481 e. The molecule has 0 fully saturated rings. The molecule has 5 amide bonds. The molecule has 0 aliphatic heterocycles. The van der Waals surface area contributed by atoms with Gasteiger partial charge in [0, 0.05) is 48.9 Å². The molecule has 352 valence electrons. The minimum Gasteiger partial charge on any atom is -0.481 e. The van der Waals surface area contributed by atoms with Crippen LogP contribution in [0.1, 0.15) is 77.7 Å². The van der Waals surface area contributed by atoms with Crippen LogP contribution in [-0.2, 0) is 59.0 Å². The quantitative estimate of drug-likeness (QED) is 0.0472. The zero-order valence-electron chi connectivity index (χ0n) is 36.1. The zero-order chi connectivity index (χ0) is 46.2. The van der Waals surface area contributed by atoms with Gasteiger partial charge < -0.3 is 65.2 Å². The van der Waals surface area contributed by atoms with Crippen molar-refractivity contribution in [1.29, 1.82) is 0 Å². The van der Waals surface area contributed by atoms with E-state index in [2.05, 4.69) is 37.2 Å². The molecule has 0 bridgehead atoms. The third-order valence-electron chi connectivity index (χ3n) is 9.32. The fourth-order valence-corrected chi connectivity index (χ4v) is 5.50. The number of hydrogen-bond donors (Lipinski definition) is 7. The maximum absolute atomic E-state index is 13.2. The van der Waals surface area contributed by atoms with E-state index in [9.17, 15) is 43.8 Å². The number of nitrogens with one attached hydrogen (secondary N) is 4. The van der Waals surface area contributed by atoms with E-state index in [4.69, 9.17) is 28.8 Å². The van der Waals surface area contributed by atoms with Crippen molar-refractivity contribution in [2.24, 2.45) is 5.41 Å². The molecule has 0 saturated carbocycles. The van der Waals surface area contributed by atoms with Crippen molar-refractivity contribution in [3.8, 4) is 0 Å². The molecule has 0 aromatic heterocycles. The molecule has 21 heteroatoms. The van der Waals surface area contributed by atoms with E-state index in [1.165, 1.54) is 0 Å². The Balaban J connectivity index is 2.23. The Labute approximate surface area is 371 Å². The number of hydrogen-bond acceptors (Lipinski definition) is 12. The van der Waals surface area contributed by atoms with Crippen molar-refractivity contribution in [1.82, 2.24) is 26.2 Å². The monoisotopic (exact) mass is 947 g/mol. The van der Waals surface area contributed by atoms with Crippen LogP contribution in [0, 0.1) is 5.41 Å². The maximum atomic E-state index is 13.2. The van der Waals surface area contributed by atoms with Crippen molar-refractivity contribution in [2.45, 2.75) is 90.8 Å². The molecule has 2 atom stereocenters. The Morgan fingerprint density at radius 2 is 1.18 bits per heavy atom. The lowest BCUT2D eigenvalue weighted by Crippen LogP contribution is -2.51. The Morgan fingerprint density at radius 1 is 0.661 bits per heavy atom. The lowest BCUT2D eigenvalue weighted by atomic mass is 9.89. The normalized spacial score (nSPS) is 12.2. The number of unbranched alkanes of at least 4 members (excludes halogenated alkanes) is 1. The van der Waals surface area contributed by atoms with Gasteiger partial charge in [-0.3, -0.25) is 19.2 Å². The summed E-state index contributed by atoms with van der Waals surface area (Å²) in [6.07, 6.45) is 0.876. The highest BCUT2D eigenvalue weighted by Crippen LogP contribution is 2.19. The summed E-state index contributed by atoms with van der Waals surface area (Å²) in [5, 5.41) is 37.5. The van der Waals surface area contributed by atoms with E-state index in [1.807, 2.05) is 45.0 Å². The molecule has 0 unspecified atom stereocenters. The molecule has 0 spiro atoms. The molecule has 0 radical (unpaired) electrons. The third kappa shape index (κ3) is 27.5. The number of aliphatic carboxylic acids is 3. The van der Waals surface area contributed by atoms with Gasteiger partial charge in [-0.2, -0.15) is 0 Å². The van der Waals surface area contributed by atoms with Crippen LogP contribution in [0.25, 0.3) is 0 Å². The Hall–Kier alpha value is -4.41. The number of carbonyl (C=O) groups is 7. The van der Waals surface area contributed by atoms with Gasteiger partial charge in [-0.05, 0) is 49.8 Å². The van der Waals surface area contributed by atoms with Crippen molar-refractivity contribution >= 4 is 57.6 Å². The summed E-state index contributed by atoms with van der Waals surface area (Å²) in [4.78, 5) is 85.1. The number of benzene rings is 1. The number of rotatable bonds is 37. The van der Waals surface area contributed by atoms with Crippen molar-refractivity contribution < 1.29 is 72.6 Å². The third-order valence-corrected chi connectivity index (χ3v) is 9.85. The van der Waals surface area contributed by atoms with E-state index in [-0.39, 0.29) is 63.2 Å². The molecule has 62 heavy (non-hydrogen) atoms. The van der Waals surface area contributed by atoms with Gasteiger partial charge in [0.15, 0.2) is 0 Å². The lowest BCUT2D eigenvalue weighted by molar-refractivity contribution is -0.141. The number of ether oxygens (including phenoxy) is 5. The van der Waals surface area contributed by atoms with Crippen molar-refractivity contribution in [2.75, 3.05) is 85.7 Å². The summed E-state index contributed by atoms with van der Waals surface area (Å²) >= 11 is 3.40. The second-order valence-corrected chi connectivity index (χ2v) is 15.6. The average molecular weight is 949 g/mol. The molecule has 1 aromatic rings. The summed E-state index contributed by atoms with van der Waals surface area (Å²) in [7, 11) is 0. The van der Waals surface area contributed by atoms with Gasteiger partial charge in [0.1, 0.15) is 12.1 Å². The minimum atomic E-state index is -1.51. The minimum absolute atomic E-state index is 0.00215. The van der Waals surface area contributed by atoms with Crippen molar-refractivity contribution in [3.63, 3.8) is 0 Å². The number of carbonyl (C=O) groups excluding carboxylic acids is 4. The number of carboxylic acids is 3. The smallest absolute Gasteiger partial charge is 0.326 e. The van der Waals surface area contributed by atoms with Crippen LogP contribution in [0.15, 0.2) is 28.7 Å². The van der Waals surface area contributed by atoms with E-state index in [1.54, 1.807) is 4.90 Å². The fourth-order valence-electron chi connectivity index (χ4n) is 5.23. The van der Waals surface area contributed by atoms with Gasteiger partial charge in [0.05, 0.1) is 72.5 Å². The van der Waals surface area contributed by atoms with Gasteiger partial charge >= 0.3 is 23.9 Å². The number of nitrogens with zero attached hydrogens (tertiary/aromatic N) is 1. The Morgan fingerprint density at radius 3 is 1.69 bits per heavy atom. The highest BCUT2D eigenvalue weighted by Gasteiger charge is 2.26. The standard InChI is InChI=1S/C41H66BrN5O15/c1-4-41(2,3)39(56)44-16-14-34(48)43-17-20-59-22-24-61-26-28-62-27-25-60-23-21-58-19-15-35(49)47(29-30-8-10-31(42)11-9-30)18-6-5-7-32(37(52)53)45-40(57)46-33(38(54)55)12-13-36(50)51/h8-11,32-33H,4-7,12-29H2,1-3H3,(H,43,48)(H,44,56)(H,50,51)(H,52,53)(H,54,55)(H2,45,46,57)/t32-,33+/m1/s1. The summed E-state index contributed by atoms with van der Waals surface area (Å²) in [5.41, 5.74) is 0.431. The van der Waals surface area contributed by atoms with Gasteiger partial charge in [-0.15, -0.1) is 0 Å². The maximum Gasteiger partial charge on any atom is 0.326 e. The fraction of sp³-hybridized carbons (Fsp3) is 0.683. The van der Waals surface area contributed by atoms with Gasteiger partial charge in [-0.25, -0.2) is 14.4 Å². The Bertz CT molecular complexity index is 1500. The predicted octanol–water partition coefficient (Wildman–Crippen LogP) is 2.55. The topological polar surface area (TPSA) is 278 Å². The van der Waals surface area contributed by atoms with Crippen LogP contribution in [-0.4, -0.2) is 160 Å². The summed E-state index contributed by atoms with van der Waals surface area (Å²) in [6, 6.07) is 3.58. The van der Waals surface area contributed by atoms with Gasteiger partial charge in [-0.1, -0.05) is 48.8 Å². The number of amides is 5. The molecule has 0 saturated heterocycles. The molecule has 0 aliphatic carbocycles. The first-order valence-electron chi connectivity index (χ1n) is 20.8. The molecule has 0 aliphatic rings. The summed E-state index contributed by atoms with van der Waals surface area (Å²) in [6.45, 7) is 10.2. The van der Waals surface area contributed by atoms with Gasteiger partial charge in [0.2, 0.25) is 17.7 Å². The van der Waals surface area contributed by atoms with Crippen LogP contribution in [0.3, 0.4) is 0 Å². The molecule has 1 aromatic carbocycles. The first-order chi connectivity index (χ1) is 29.5.